The van der Waals surface area contributed by atoms with E-state index in [2.05, 4.69) is 37.9 Å². The van der Waals surface area contributed by atoms with E-state index in [0.717, 1.165) is 16.7 Å². The molecule has 3 N–H and O–H groups in total. The van der Waals surface area contributed by atoms with Crippen molar-refractivity contribution in [1.82, 2.24) is 0 Å². The van der Waals surface area contributed by atoms with Gasteiger partial charge in [0.05, 0.1) is 0 Å². The summed E-state index contributed by atoms with van der Waals surface area (Å²) < 4.78 is 0. The lowest BCUT2D eigenvalue weighted by Crippen LogP contribution is -2.32. The zero-order valence-corrected chi connectivity index (χ0v) is 13.5. The van der Waals surface area contributed by atoms with Gasteiger partial charge in [-0.1, -0.05) is 50.1 Å². The molecule has 3 nitrogen and oxygen atoms in total. The molecule has 5 heteroatoms. The van der Waals surface area contributed by atoms with Gasteiger partial charge in [0.2, 0.25) is 0 Å². The first-order valence-corrected chi connectivity index (χ1v) is 7.54. The Balaban J connectivity index is 3.07. The SMILES string of the molecule is CC(Br)c1cc(CC(N)C(=O)O)cc(C(C)Br)c1. The Kier molecular flexibility index (Phi) is 5.82. The van der Waals surface area contributed by atoms with Crippen LogP contribution < -0.4 is 5.73 Å². The molecule has 3 atom stereocenters. The molecule has 0 saturated carbocycles. The maximum atomic E-state index is 10.8. The molecule has 0 spiro atoms. The average Bonchev–Trinajstić information content (AvgIpc) is 2.28. The summed E-state index contributed by atoms with van der Waals surface area (Å²) in [5, 5.41) is 8.86. The summed E-state index contributed by atoms with van der Waals surface area (Å²) in [6, 6.07) is 5.25. The lowest BCUT2D eigenvalue weighted by atomic mass is 9.98. The molecule has 1 rings (SSSR count). The summed E-state index contributed by atoms with van der Waals surface area (Å²) >= 11 is 7.06. The van der Waals surface area contributed by atoms with E-state index in [9.17, 15) is 4.79 Å². The van der Waals surface area contributed by atoms with Gasteiger partial charge in [0, 0.05) is 9.65 Å². The number of alkyl halides is 2. The summed E-state index contributed by atoms with van der Waals surface area (Å²) in [7, 11) is 0. The quantitative estimate of drug-likeness (QED) is 0.770. The van der Waals surface area contributed by atoms with Crippen LogP contribution in [0.25, 0.3) is 0 Å². The predicted molar refractivity (Wildman–Crippen MR) is 80.4 cm³/mol. The molecule has 0 heterocycles. The zero-order valence-electron chi connectivity index (χ0n) is 10.4. The second-order valence-corrected chi connectivity index (χ2v) is 7.14. The number of hydrogen-bond acceptors (Lipinski definition) is 2. The van der Waals surface area contributed by atoms with Crippen LogP contribution in [0.1, 0.15) is 40.2 Å². The molecule has 0 bridgehead atoms. The van der Waals surface area contributed by atoms with Crippen molar-refractivity contribution in [2.24, 2.45) is 5.73 Å². The normalized spacial score (nSPS) is 16.1. The van der Waals surface area contributed by atoms with Crippen molar-refractivity contribution in [3.05, 3.63) is 34.9 Å². The Morgan fingerprint density at radius 2 is 1.67 bits per heavy atom. The van der Waals surface area contributed by atoms with Crippen molar-refractivity contribution in [3.8, 4) is 0 Å². The molecule has 0 fully saturated rings. The second kappa shape index (κ2) is 6.68. The van der Waals surface area contributed by atoms with E-state index >= 15 is 0 Å². The van der Waals surface area contributed by atoms with E-state index in [0.29, 0.717) is 6.42 Å². The van der Waals surface area contributed by atoms with Crippen LogP contribution in [0.15, 0.2) is 18.2 Å². The summed E-state index contributed by atoms with van der Waals surface area (Å²) in [4.78, 5) is 11.2. The largest absolute Gasteiger partial charge is 0.480 e. The standard InChI is InChI=1S/C13H17Br2NO2/c1-7(14)10-3-9(5-12(16)13(17)18)4-11(6-10)8(2)15/h3-4,6-8,12H,5,16H2,1-2H3,(H,17,18). The Morgan fingerprint density at radius 1 is 1.22 bits per heavy atom. The maximum absolute atomic E-state index is 10.8. The van der Waals surface area contributed by atoms with E-state index in [1.54, 1.807) is 0 Å². The summed E-state index contributed by atoms with van der Waals surface area (Å²) in [5.74, 6) is -0.972. The minimum Gasteiger partial charge on any atom is -0.480 e. The third kappa shape index (κ3) is 4.37. The van der Waals surface area contributed by atoms with Crippen LogP contribution >= 0.6 is 31.9 Å². The minimum absolute atomic E-state index is 0.225. The van der Waals surface area contributed by atoms with Crippen LogP contribution in [0.2, 0.25) is 0 Å². The molecule has 1 aromatic rings. The van der Waals surface area contributed by atoms with Crippen molar-refractivity contribution < 1.29 is 9.90 Å². The van der Waals surface area contributed by atoms with Gasteiger partial charge in [-0.15, -0.1) is 0 Å². The number of carboxylic acid groups (broad SMARTS) is 1. The van der Waals surface area contributed by atoms with Crippen molar-refractivity contribution >= 4 is 37.8 Å². The number of benzene rings is 1. The number of hydrogen-bond donors (Lipinski definition) is 2. The summed E-state index contributed by atoms with van der Waals surface area (Å²) in [6.45, 7) is 4.08. The highest BCUT2D eigenvalue weighted by atomic mass is 79.9. The molecule has 0 aliphatic rings. The van der Waals surface area contributed by atoms with Gasteiger partial charge in [-0.3, -0.25) is 4.79 Å². The fraction of sp³-hybridized carbons (Fsp3) is 0.462. The number of aliphatic carboxylic acids is 1. The zero-order chi connectivity index (χ0) is 13.9. The predicted octanol–water partition coefficient (Wildman–Crippen LogP) is 3.55. The highest BCUT2D eigenvalue weighted by Crippen LogP contribution is 2.29. The first-order valence-electron chi connectivity index (χ1n) is 5.71. The van der Waals surface area contributed by atoms with Gasteiger partial charge >= 0.3 is 5.97 Å². The number of carbonyl (C=O) groups is 1. The van der Waals surface area contributed by atoms with Crippen molar-refractivity contribution in [2.45, 2.75) is 36.0 Å². The molecule has 0 radical (unpaired) electrons. The van der Waals surface area contributed by atoms with Crippen LogP contribution in [-0.4, -0.2) is 17.1 Å². The van der Waals surface area contributed by atoms with E-state index < -0.39 is 12.0 Å². The van der Waals surface area contributed by atoms with Gasteiger partial charge in [-0.2, -0.15) is 0 Å². The molecule has 1 aromatic carbocycles. The highest BCUT2D eigenvalue weighted by Gasteiger charge is 2.15. The second-order valence-electron chi connectivity index (χ2n) is 4.39. The molecule has 0 saturated heterocycles. The lowest BCUT2D eigenvalue weighted by molar-refractivity contribution is -0.138. The Labute approximate surface area is 124 Å². The molecule has 0 aliphatic heterocycles. The Morgan fingerprint density at radius 3 is 2.00 bits per heavy atom. The smallest absolute Gasteiger partial charge is 0.320 e. The number of rotatable bonds is 5. The van der Waals surface area contributed by atoms with E-state index in [-0.39, 0.29) is 9.65 Å². The molecule has 18 heavy (non-hydrogen) atoms. The van der Waals surface area contributed by atoms with Crippen molar-refractivity contribution in [2.75, 3.05) is 0 Å². The van der Waals surface area contributed by atoms with Crippen LogP contribution in [0.3, 0.4) is 0 Å². The van der Waals surface area contributed by atoms with Crippen molar-refractivity contribution in [3.63, 3.8) is 0 Å². The van der Waals surface area contributed by atoms with Crippen LogP contribution in [0.5, 0.6) is 0 Å². The summed E-state index contributed by atoms with van der Waals surface area (Å²) in [6.07, 6.45) is 0.343. The number of nitrogens with two attached hydrogens (primary N) is 1. The average molecular weight is 379 g/mol. The fourth-order valence-corrected chi connectivity index (χ4v) is 2.19. The van der Waals surface area contributed by atoms with Gasteiger partial charge in [0.25, 0.3) is 0 Å². The molecule has 3 unspecified atom stereocenters. The number of carboxylic acids is 1. The van der Waals surface area contributed by atoms with Crippen LogP contribution in [0, 0.1) is 0 Å². The topological polar surface area (TPSA) is 63.3 Å². The van der Waals surface area contributed by atoms with Gasteiger partial charge in [0.1, 0.15) is 6.04 Å². The number of halogens is 2. The first-order chi connectivity index (χ1) is 8.31. The van der Waals surface area contributed by atoms with Gasteiger partial charge in [-0.05, 0) is 37.0 Å². The molecule has 0 amide bonds. The van der Waals surface area contributed by atoms with Crippen LogP contribution in [-0.2, 0) is 11.2 Å². The van der Waals surface area contributed by atoms with Crippen LogP contribution in [0.4, 0.5) is 0 Å². The lowest BCUT2D eigenvalue weighted by Gasteiger charge is -2.14. The third-order valence-electron chi connectivity index (χ3n) is 2.73. The molecule has 0 aromatic heterocycles. The van der Waals surface area contributed by atoms with Crippen molar-refractivity contribution in [1.29, 1.82) is 0 Å². The third-order valence-corrected chi connectivity index (χ3v) is 3.79. The molecule has 0 aliphatic carbocycles. The van der Waals surface area contributed by atoms with E-state index in [1.165, 1.54) is 0 Å². The molecular formula is C13H17Br2NO2. The Bertz CT molecular complexity index is 407. The van der Waals surface area contributed by atoms with E-state index in [4.69, 9.17) is 10.8 Å². The van der Waals surface area contributed by atoms with Gasteiger partial charge < -0.3 is 10.8 Å². The maximum Gasteiger partial charge on any atom is 0.320 e. The fourth-order valence-electron chi connectivity index (χ4n) is 1.66. The minimum atomic E-state index is -0.972. The Hall–Kier alpha value is -0.390. The van der Waals surface area contributed by atoms with Gasteiger partial charge in [-0.25, -0.2) is 0 Å². The summed E-state index contributed by atoms with van der Waals surface area (Å²) in [5.41, 5.74) is 8.79. The molecule has 100 valence electrons. The monoisotopic (exact) mass is 377 g/mol. The highest BCUT2D eigenvalue weighted by molar-refractivity contribution is 9.09. The van der Waals surface area contributed by atoms with Gasteiger partial charge in [0.15, 0.2) is 0 Å². The molecular weight excluding hydrogens is 362 g/mol. The van der Waals surface area contributed by atoms with E-state index in [1.807, 2.05) is 26.0 Å². The first kappa shape index (κ1) is 15.7.